The molecule has 0 amide bonds. The van der Waals surface area contributed by atoms with Crippen LogP contribution in [0.5, 0.6) is 0 Å². The van der Waals surface area contributed by atoms with Gasteiger partial charge in [-0.1, -0.05) is 48.5 Å². The Morgan fingerprint density at radius 2 is 1.82 bits per heavy atom. The summed E-state index contributed by atoms with van der Waals surface area (Å²) in [6.07, 6.45) is 1.76. The summed E-state index contributed by atoms with van der Waals surface area (Å²) < 4.78 is 0. The van der Waals surface area contributed by atoms with Gasteiger partial charge in [-0.15, -0.1) is 0 Å². The molecule has 0 heterocycles. The van der Waals surface area contributed by atoms with Crippen LogP contribution in [0.1, 0.15) is 11.1 Å². The van der Waals surface area contributed by atoms with Crippen molar-refractivity contribution in [2.75, 3.05) is 0 Å². The lowest BCUT2D eigenvalue weighted by Gasteiger charge is -2.02. The predicted octanol–water partition coefficient (Wildman–Crippen LogP) is 4.81. The molecule has 0 N–H and O–H groups in total. The molecule has 0 unspecified atom stereocenters. The standard InChI is InChI=1S/C18H14N2O2/c1-13-9-10-16(20(21)22)11-18(13)19-12-15-7-4-6-14-5-2-3-8-17(14)15/h2-12H,1H3. The van der Waals surface area contributed by atoms with Crippen molar-refractivity contribution in [3.8, 4) is 0 Å². The quantitative estimate of drug-likeness (QED) is 0.395. The van der Waals surface area contributed by atoms with Crippen molar-refractivity contribution in [1.29, 1.82) is 0 Å². The first-order valence-electron chi connectivity index (χ1n) is 6.92. The highest BCUT2D eigenvalue weighted by Gasteiger charge is 2.07. The molecule has 0 saturated heterocycles. The van der Waals surface area contributed by atoms with E-state index in [1.54, 1.807) is 12.3 Å². The minimum Gasteiger partial charge on any atom is -0.258 e. The summed E-state index contributed by atoms with van der Waals surface area (Å²) in [5.41, 5.74) is 2.56. The molecule has 0 aromatic heterocycles. The summed E-state index contributed by atoms with van der Waals surface area (Å²) >= 11 is 0. The summed E-state index contributed by atoms with van der Waals surface area (Å²) in [6.45, 7) is 1.89. The molecule has 0 atom stereocenters. The lowest BCUT2D eigenvalue weighted by molar-refractivity contribution is -0.384. The van der Waals surface area contributed by atoms with Crippen LogP contribution in [0, 0.1) is 17.0 Å². The van der Waals surface area contributed by atoms with Crippen LogP contribution in [0.15, 0.2) is 65.7 Å². The van der Waals surface area contributed by atoms with E-state index in [1.807, 2.05) is 49.4 Å². The van der Waals surface area contributed by atoms with Gasteiger partial charge in [-0.05, 0) is 23.3 Å². The van der Waals surface area contributed by atoms with Crippen molar-refractivity contribution in [3.05, 3.63) is 81.9 Å². The van der Waals surface area contributed by atoms with Crippen LogP contribution in [0.25, 0.3) is 10.8 Å². The van der Waals surface area contributed by atoms with Gasteiger partial charge in [-0.2, -0.15) is 0 Å². The number of benzene rings is 3. The molecule has 0 spiro atoms. The molecule has 0 aliphatic carbocycles. The monoisotopic (exact) mass is 290 g/mol. The topological polar surface area (TPSA) is 55.5 Å². The molecule has 3 rings (SSSR count). The maximum absolute atomic E-state index is 10.9. The summed E-state index contributed by atoms with van der Waals surface area (Å²) in [6, 6.07) is 18.8. The second-order valence-corrected chi connectivity index (χ2v) is 5.05. The zero-order valence-corrected chi connectivity index (χ0v) is 12.1. The lowest BCUT2D eigenvalue weighted by Crippen LogP contribution is -1.88. The van der Waals surface area contributed by atoms with Gasteiger partial charge in [0.25, 0.3) is 5.69 Å². The van der Waals surface area contributed by atoms with Crippen molar-refractivity contribution in [2.45, 2.75) is 6.92 Å². The van der Waals surface area contributed by atoms with Gasteiger partial charge < -0.3 is 0 Å². The average molecular weight is 290 g/mol. The van der Waals surface area contributed by atoms with E-state index in [1.165, 1.54) is 12.1 Å². The zero-order chi connectivity index (χ0) is 15.5. The smallest absolute Gasteiger partial charge is 0.258 e. The number of nitro groups is 1. The van der Waals surface area contributed by atoms with E-state index in [2.05, 4.69) is 4.99 Å². The van der Waals surface area contributed by atoms with Crippen molar-refractivity contribution in [1.82, 2.24) is 0 Å². The molecule has 108 valence electrons. The number of nitro benzene ring substituents is 1. The van der Waals surface area contributed by atoms with Gasteiger partial charge in [0.15, 0.2) is 0 Å². The van der Waals surface area contributed by atoms with Crippen molar-refractivity contribution >= 4 is 28.4 Å². The SMILES string of the molecule is Cc1ccc([N+](=O)[O-])cc1N=Cc1cccc2ccccc12. The number of hydrogen-bond acceptors (Lipinski definition) is 3. The molecule has 4 nitrogen and oxygen atoms in total. The normalized spacial score (nSPS) is 11.1. The van der Waals surface area contributed by atoms with Crippen molar-refractivity contribution < 1.29 is 4.92 Å². The van der Waals surface area contributed by atoms with E-state index < -0.39 is 4.92 Å². The Bertz CT molecular complexity index is 880. The molecule has 0 bridgehead atoms. The molecule has 22 heavy (non-hydrogen) atoms. The molecular formula is C18H14N2O2. The third-order valence-corrected chi connectivity index (χ3v) is 3.57. The maximum Gasteiger partial charge on any atom is 0.271 e. The molecule has 0 fully saturated rings. The van der Waals surface area contributed by atoms with Gasteiger partial charge in [0.2, 0.25) is 0 Å². The van der Waals surface area contributed by atoms with Gasteiger partial charge in [-0.3, -0.25) is 15.1 Å². The van der Waals surface area contributed by atoms with E-state index in [-0.39, 0.29) is 5.69 Å². The van der Waals surface area contributed by atoms with Crippen LogP contribution in [0.2, 0.25) is 0 Å². The van der Waals surface area contributed by atoms with E-state index in [9.17, 15) is 10.1 Å². The number of hydrogen-bond donors (Lipinski definition) is 0. The Morgan fingerprint density at radius 1 is 1.05 bits per heavy atom. The summed E-state index contributed by atoms with van der Waals surface area (Å²) in [5.74, 6) is 0. The molecule has 3 aromatic rings. The average Bonchev–Trinajstić information content (AvgIpc) is 2.54. The molecule has 3 aromatic carbocycles. The number of nitrogens with zero attached hydrogens (tertiary/aromatic N) is 2. The fourth-order valence-corrected chi connectivity index (χ4v) is 2.35. The van der Waals surface area contributed by atoms with Gasteiger partial charge >= 0.3 is 0 Å². The Labute approximate surface area is 127 Å². The number of non-ortho nitro benzene ring substituents is 1. The summed E-state index contributed by atoms with van der Waals surface area (Å²) in [7, 11) is 0. The number of aliphatic imine (C=N–C) groups is 1. The highest BCUT2D eigenvalue weighted by atomic mass is 16.6. The number of fused-ring (bicyclic) bond motifs is 1. The Kier molecular flexibility index (Phi) is 3.66. The second-order valence-electron chi connectivity index (χ2n) is 5.05. The molecular weight excluding hydrogens is 276 g/mol. The Balaban J connectivity index is 2.03. The van der Waals surface area contributed by atoms with Crippen molar-refractivity contribution in [2.24, 2.45) is 4.99 Å². The first-order chi connectivity index (χ1) is 10.6. The Hall–Kier alpha value is -3.01. The highest BCUT2D eigenvalue weighted by Crippen LogP contribution is 2.25. The first kappa shape index (κ1) is 13.9. The van der Waals surface area contributed by atoms with Crippen molar-refractivity contribution in [3.63, 3.8) is 0 Å². The predicted molar refractivity (Wildman–Crippen MR) is 89.0 cm³/mol. The molecule has 4 heteroatoms. The molecule has 0 saturated carbocycles. The first-order valence-corrected chi connectivity index (χ1v) is 6.92. The number of aryl methyl sites for hydroxylation is 1. The van der Waals surface area contributed by atoms with Gasteiger partial charge in [-0.25, -0.2) is 0 Å². The minimum absolute atomic E-state index is 0.0515. The van der Waals surface area contributed by atoms with Crippen LogP contribution in [0.4, 0.5) is 11.4 Å². The maximum atomic E-state index is 10.9. The third kappa shape index (κ3) is 2.72. The highest BCUT2D eigenvalue weighted by molar-refractivity contribution is 6.00. The third-order valence-electron chi connectivity index (χ3n) is 3.57. The minimum atomic E-state index is -0.406. The van der Waals surface area contributed by atoms with Gasteiger partial charge in [0.05, 0.1) is 10.6 Å². The van der Waals surface area contributed by atoms with Crippen LogP contribution >= 0.6 is 0 Å². The van der Waals surface area contributed by atoms with Crippen LogP contribution in [-0.4, -0.2) is 11.1 Å². The van der Waals surface area contributed by atoms with E-state index >= 15 is 0 Å². The van der Waals surface area contributed by atoms with Gasteiger partial charge in [0, 0.05) is 23.9 Å². The largest absolute Gasteiger partial charge is 0.271 e. The molecule has 0 aliphatic heterocycles. The molecule has 0 radical (unpaired) electrons. The lowest BCUT2D eigenvalue weighted by atomic mass is 10.1. The zero-order valence-electron chi connectivity index (χ0n) is 12.1. The fraction of sp³-hybridized carbons (Fsp3) is 0.0556. The molecule has 0 aliphatic rings. The fourth-order valence-electron chi connectivity index (χ4n) is 2.35. The van der Waals surface area contributed by atoms with Gasteiger partial charge in [0.1, 0.15) is 0 Å². The second kappa shape index (κ2) is 5.77. The summed E-state index contributed by atoms with van der Waals surface area (Å²) in [5, 5.41) is 13.1. The number of rotatable bonds is 3. The van der Waals surface area contributed by atoms with Crippen LogP contribution in [-0.2, 0) is 0 Å². The summed E-state index contributed by atoms with van der Waals surface area (Å²) in [4.78, 5) is 14.9. The Morgan fingerprint density at radius 3 is 2.64 bits per heavy atom. The van der Waals surface area contributed by atoms with E-state index in [0.717, 1.165) is 21.9 Å². The van der Waals surface area contributed by atoms with Crippen LogP contribution in [0.3, 0.4) is 0 Å². The van der Waals surface area contributed by atoms with E-state index in [4.69, 9.17) is 0 Å². The van der Waals surface area contributed by atoms with Crippen LogP contribution < -0.4 is 0 Å². The van der Waals surface area contributed by atoms with E-state index in [0.29, 0.717) is 5.69 Å².